The Labute approximate surface area is 138 Å². The standard InChI is InChI=1S/C15H17FN4O3S/c16-12-4-1-5-13(7-12)19-15(21)11-3-2-6-20(9-11)24(22,23)14-8-17-10-18-14/h1,4-5,7-8,10-11H,2-3,6,9H2,(H,17,18)(H,19,21)/t11-/m1/s1. The van der Waals surface area contributed by atoms with E-state index in [1.807, 2.05) is 0 Å². The number of imidazole rings is 1. The van der Waals surface area contributed by atoms with Crippen LogP contribution in [0.2, 0.25) is 0 Å². The van der Waals surface area contributed by atoms with Gasteiger partial charge >= 0.3 is 0 Å². The van der Waals surface area contributed by atoms with Crippen molar-refractivity contribution in [3.05, 3.63) is 42.6 Å². The summed E-state index contributed by atoms with van der Waals surface area (Å²) in [6.45, 7) is 0.438. The second-order valence-electron chi connectivity index (χ2n) is 5.62. The van der Waals surface area contributed by atoms with Gasteiger partial charge in [-0.05, 0) is 31.0 Å². The third-order valence-electron chi connectivity index (χ3n) is 3.94. The van der Waals surface area contributed by atoms with E-state index in [9.17, 15) is 17.6 Å². The van der Waals surface area contributed by atoms with Crippen molar-refractivity contribution in [2.45, 2.75) is 17.9 Å². The molecule has 1 aromatic carbocycles. The minimum atomic E-state index is -3.69. The number of nitrogens with zero attached hydrogens (tertiary/aromatic N) is 2. The van der Waals surface area contributed by atoms with E-state index in [2.05, 4.69) is 15.3 Å². The highest BCUT2D eigenvalue weighted by Crippen LogP contribution is 2.24. The number of aromatic nitrogens is 2. The summed E-state index contributed by atoms with van der Waals surface area (Å²) in [6.07, 6.45) is 3.70. The number of carbonyl (C=O) groups excluding carboxylic acids is 1. The van der Waals surface area contributed by atoms with Crippen molar-refractivity contribution in [1.82, 2.24) is 14.3 Å². The zero-order chi connectivity index (χ0) is 17.2. The average molecular weight is 352 g/mol. The number of halogens is 1. The zero-order valence-corrected chi connectivity index (χ0v) is 13.6. The Morgan fingerprint density at radius 1 is 1.42 bits per heavy atom. The molecule has 1 amide bonds. The maximum absolute atomic E-state index is 13.2. The fraction of sp³-hybridized carbons (Fsp3) is 0.333. The summed E-state index contributed by atoms with van der Waals surface area (Å²) >= 11 is 0. The predicted octanol–water partition coefficient (Wildman–Crippen LogP) is 1.59. The maximum atomic E-state index is 13.2. The van der Waals surface area contributed by atoms with E-state index in [1.165, 1.54) is 35.0 Å². The minimum absolute atomic E-state index is 0.00805. The number of aromatic amines is 1. The monoisotopic (exact) mass is 352 g/mol. The van der Waals surface area contributed by atoms with Gasteiger partial charge in [0.05, 0.1) is 18.4 Å². The molecule has 2 N–H and O–H groups in total. The number of sulfonamides is 1. The van der Waals surface area contributed by atoms with Gasteiger partial charge in [-0.15, -0.1) is 0 Å². The highest BCUT2D eigenvalue weighted by Gasteiger charge is 2.34. The normalized spacial score (nSPS) is 19.1. The van der Waals surface area contributed by atoms with E-state index in [1.54, 1.807) is 6.07 Å². The Kier molecular flexibility index (Phi) is 4.63. The SMILES string of the molecule is O=C(Nc1cccc(F)c1)[C@@H]1CCCN(S(=O)(=O)c2cnc[nH]2)C1. The summed E-state index contributed by atoms with van der Waals surface area (Å²) in [5.41, 5.74) is 0.355. The van der Waals surface area contributed by atoms with Crippen molar-refractivity contribution >= 4 is 21.6 Å². The summed E-state index contributed by atoms with van der Waals surface area (Å²) in [6, 6.07) is 5.60. The molecule has 0 bridgehead atoms. The van der Waals surface area contributed by atoms with Crippen LogP contribution in [-0.4, -0.2) is 41.7 Å². The van der Waals surface area contributed by atoms with E-state index in [-0.39, 0.29) is 17.5 Å². The van der Waals surface area contributed by atoms with Crippen molar-refractivity contribution < 1.29 is 17.6 Å². The van der Waals surface area contributed by atoms with Gasteiger partial charge in [-0.3, -0.25) is 4.79 Å². The lowest BCUT2D eigenvalue weighted by molar-refractivity contribution is -0.120. The molecule has 128 valence electrons. The number of carbonyl (C=O) groups is 1. The second-order valence-corrected chi connectivity index (χ2v) is 7.52. The molecular formula is C15H17FN4O3S. The molecule has 1 atom stereocenters. The molecule has 1 saturated heterocycles. The molecule has 3 rings (SSSR count). The van der Waals surface area contributed by atoms with Gasteiger partial charge < -0.3 is 10.3 Å². The van der Waals surface area contributed by atoms with E-state index >= 15 is 0 Å². The van der Waals surface area contributed by atoms with Gasteiger partial charge in [-0.2, -0.15) is 4.31 Å². The number of H-pyrrole nitrogens is 1. The van der Waals surface area contributed by atoms with Gasteiger partial charge in [-0.25, -0.2) is 17.8 Å². The summed E-state index contributed by atoms with van der Waals surface area (Å²) < 4.78 is 39.5. The number of benzene rings is 1. The first-order valence-electron chi connectivity index (χ1n) is 7.52. The van der Waals surface area contributed by atoms with Gasteiger partial charge in [0.2, 0.25) is 5.91 Å². The van der Waals surface area contributed by atoms with Crippen molar-refractivity contribution in [2.75, 3.05) is 18.4 Å². The first-order chi connectivity index (χ1) is 11.5. The van der Waals surface area contributed by atoms with E-state index in [4.69, 9.17) is 0 Å². The van der Waals surface area contributed by atoms with Crippen molar-refractivity contribution in [3.8, 4) is 0 Å². The maximum Gasteiger partial charge on any atom is 0.260 e. The molecular weight excluding hydrogens is 335 g/mol. The van der Waals surface area contributed by atoms with Crippen molar-refractivity contribution in [2.24, 2.45) is 5.92 Å². The van der Waals surface area contributed by atoms with Gasteiger partial charge in [-0.1, -0.05) is 6.07 Å². The van der Waals surface area contributed by atoms with Crippen LogP contribution in [0.3, 0.4) is 0 Å². The first kappa shape index (κ1) is 16.6. The fourth-order valence-corrected chi connectivity index (χ4v) is 4.13. The van der Waals surface area contributed by atoms with E-state index in [0.29, 0.717) is 25.1 Å². The van der Waals surface area contributed by atoms with Crippen LogP contribution in [0.5, 0.6) is 0 Å². The lowest BCUT2D eigenvalue weighted by atomic mass is 9.99. The Morgan fingerprint density at radius 2 is 2.25 bits per heavy atom. The molecule has 2 aromatic rings. The predicted molar refractivity (Wildman–Crippen MR) is 85.1 cm³/mol. The van der Waals surface area contributed by atoms with Gasteiger partial charge in [0, 0.05) is 18.8 Å². The first-order valence-corrected chi connectivity index (χ1v) is 8.96. The van der Waals surface area contributed by atoms with Crippen LogP contribution in [0.15, 0.2) is 41.8 Å². The van der Waals surface area contributed by atoms with Crippen LogP contribution in [0.1, 0.15) is 12.8 Å². The highest BCUT2D eigenvalue weighted by atomic mass is 32.2. The quantitative estimate of drug-likeness (QED) is 0.873. The number of rotatable bonds is 4. The van der Waals surface area contributed by atoms with Crippen LogP contribution in [-0.2, 0) is 14.8 Å². The molecule has 0 unspecified atom stereocenters. The molecule has 1 aromatic heterocycles. The lowest BCUT2D eigenvalue weighted by Gasteiger charge is -2.30. The van der Waals surface area contributed by atoms with Crippen LogP contribution >= 0.6 is 0 Å². The Balaban J connectivity index is 1.70. The highest BCUT2D eigenvalue weighted by molar-refractivity contribution is 7.89. The molecule has 0 aliphatic carbocycles. The Morgan fingerprint density at radius 3 is 2.96 bits per heavy atom. The van der Waals surface area contributed by atoms with E-state index < -0.39 is 21.8 Å². The molecule has 0 radical (unpaired) electrons. The molecule has 24 heavy (non-hydrogen) atoms. The molecule has 1 fully saturated rings. The third kappa shape index (κ3) is 3.46. The molecule has 0 spiro atoms. The van der Waals surface area contributed by atoms with E-state index in [0.717, 1.165) is 0 Å². The summed E-state index contributed by atoms with van der Waals surface area (Å²) in [7, 11) is -3.69. The number of anilines is 1. The number of hydrogen-bond acceptors (Lipinski definition) is 4. The van der Waals surface area contributed by atoms with Crippen molar-refractivity contribution in [3.63, 3.8) is 0 Å². The van der Waals surface area contributed by atoms with Gasteiger partial charge in [0.1, 0.15) is 5.82 Å². The summed E-state index contributed by atoms with van der Waals surface area (Å²) in [4.78, 5) is 18.7. The molecule has 1 aliphatic rings. The van der Waals surface area contributed by atoms with Crippen LogP contribution in [0.4, 0.5) is 10.1 Å². The molecule has 1 aliphatic heterocycles. The fourth-order valence-electron chi connectivity index (χ4n) is 2.71. The Hall–Kier alpha value is -2.26. The molecule has 2 heterocycles. The molecule has 7 nitrogen and oxygen atoms in total. The number of piperidine rings is 1. The largest absolute Gasteiger partial charge is 0.335 e. The number of nitrogens with one attached hydrogen (secondary N) is 2. The lowest BCUT2D eigenvalue weighted by Crippen LogP contribution is -2.43. The van der Waals surface area contributed by atoms with Gasteiger partial charge in [0.25, 0.3) is 10.0 Å². The second kappa shape index (κ2) is 6.70. The third-order valence-corrected chi connectivity index (χ3v) is 5.73. The minimum Gasteiger partial charge on any atom is -0.335 e. The zero-order valence-electron chi connectivity index (χ0n) is 12.8. The number of amides is 1. The summed E-state index contributed by atoms with van der Waals surface area (Å²) in [5, 5.41) is 2.65. The van der Waals surface area contributed by atoms with Gasteiger partial charge in [0.15, 0.2) is 5.03 Å². The average Bonchev–Trinajstić information content (AvgIpc) is 3.10. The summed E-state index contributed by atoms with van der Waals surface area (Å²) in [5.74, 6) is -1.25. The molecule has 9 heteroatoms. The van der Waals surface area contributed by atoms with Crippen LogP contribution < -0.4 is 5.32 Å². The van der Waals surface area contributed by atoms with Crippen LogP contribution in [0.25, 0.3) is 0 Å². The smallest absolute Gasteiger partial charge is 0.260 e. The van der Waals surface area contributed by atoms with Crippen molar-refractivity contribution in [1.29, 1.82) is 0 Å². The Bertz CT molecular complexity index is 823. The van der Waals surface area contributed by atoms with Crippen LogP contribution in [0, 0.1) is 11.7 Å². The topological polar surface area (TPSA) is 95.2 Å². The number of hydrogen-bond donors (Lipinski definition) is 2. The molecule has 0 saturated carbocycles.